The predicted molar refractivity (Wildman–Crippen MR) is 76.2 cm³/mol. The summed E-state index contributed by atoms with van der Waals surface area (Å²) in [6.45, 7) is 2.53. The van der Waals surface area contributed by atoms with Gasteiger partial charge in [0, 0.05) is 6.20 Å². The van der Waals surface area contributed by atoms with Crippen molar-refractivity contribution >= 4 is 5.82 Å². The maximum Gasteiger partial charge on any atom is 0.146 e. The summed E-state index contributed by atoms with van der Waals surface area (Å²) in [6, 6.07) is 9.78. The second kappa shape index (κ2) is 4.83. The molecule has 21 heavy (non-hydrogen) atoms. The van der Waals surface area contributed by atoms with E-state index in [1.807, 2.05) is 11.8 Å². The fraction of sp³-hybridized carbons (Fsp3) is 0.250. The van der Waals surface area contributed by atoms with Gasteiger partial charge in [-0.1, -0.05) is 12.1 Å². The zero-order chi connectivity index (χ0) is 15.0. The molecule has 3 rings (SSSR count). The summed E-state index contributed by atoms with van der Waals surface area (Å²) in [7, 11) is 0. The van der Waals surface area contributed by atoms with E-state index in [1.54, 1.807) is 24.4 Å². The number of hydrogen-bond acceptors (Lipinski definition) is 4. The van der Waals surface area contributed by atoms with Gasteiger partial charge in [-0.15, -0.1) is 0 Å². The van der Waals surface area contributed by atoms with Gasteiger partial charge in [0.05, 0.1) is 18.7 Å². The molecule has 0 amide bonds. The second-order valence-corrected chi connectivity index (χ2v) is 5.33. The number of pyridine rings is 1. The van der Waals surface area contributed by atoms with Gasteiger partial charge >= 0.3 is 0 Å². The van der Waals surface area contributed by atoms with Gasteiger partial charge in [0.25, 0.3) is 0 Å². The van der Waals surface area contributed by atoms with Gasteiger partial charge in [-0.3, -0.25) is 0 Å². The molecule has 1 saturated heterocycles. The third-order valence-electron chi connectivity index (χ3n) is 3.84. The summed E-state index contributed by atoms with van der Waals surface area (Å²) in [6.07, 6.45) is 1.65. The number of aliphatic hydroxyl groups is 1. The first-order valence-electron chi connectivity index (χ1n) is 6.62. The minimum atomic E-state index is -1.02. The van der Waals surface area contributed by atoms with E-state index in [-0.39, 0.29) is 5.82 Å². The lowest BCUT2D eigenvalue weighted by Crippen LogP contribution is -2.60. The van der Waals surface area contributed by atoms with Crippen LogP contribution in [0.15, 0.2) is 36.5 Å². The van der Waals surface area contributed by atoms with Crippen LogP contribution in [0.25, 0.3) is 0 Å². The number of rotatable bonds is 2. The molecule has 0 aliphatic carbocycles. The average molecular weight is 283 g/mol. The Morgan fingerprint density at radius 3 is 2.57 bits per heavy atom. The van der Waals surface area contributed by atoms with E-state index in [0.717, 1.165) is 5.56 Å². The first kappa shape index (κ1) is 13.5. The van der Waals surface area contributed by atoms with Gasteiger partial charge in [-0.25, -0.2) is 9.37 Å². The summed E-state index contributed by atoms with van der Waals surface area (Å²) in [4.78, 5) is 6.09. The number of halogens is 1. The molecule has 2 heterocycles. The standard InChI is InChI=1S/C16H14FN3O/c1-11-6-7-19-15(14(11)8-18)20-9-16(21,10-20)12-2-4-13(17)5-3-12/h2-7,21H,9-10H2,1H3. The lowest BCUT2D eigenvalue weighted by Gasteiger charge is -2.47. The zero-order valence-electron chi connectivity index (χ0n) is 11.5. The van der Waals surface area contributed by atoms with E-state index >= 15 is 0 Å². The van der Waals surface area contributed by atoms with Gasteiger partial charge in [0.15, 0.2) is 0 Å². The largest absolute Gasteiger partial charge is 0.381 e. The number of nitrogens with zero attached hydrogens (tertiary/aromatic N) is 3. The van der Waals surface area contributed by atoms with Crippen LogP contribution in [0.4, 0.5) is 10.2 Å². The first-order valence-corrected chi connectivity index (χ1v) is 6.62. The third kappa shape index (κ3) is 2.24. The number of β-amino-alcohol motifs (C(OH)–C–C–N with tert-alkyl or cyclic N) is 1. The smallest absolute Gasteiger partial charge is 0.146 e. The molecule has 0 atom stereocenters. The predicted octanol–water partition coefficient (Wildman–Crippen LogP) is 2.11. The number of nitriles is 1. The van der Waals surface area contributed by atoms with Crippen LogP contribution < -0.4 is 4.90 Å². The van der Waals surface area contributed by atoms with Gasteiger partial charge < -0.3 is 10.0 Å². The summed E-state index contributed by atoms with van der Waals surface area (Å²) in [5.41, 5.74) is 1.04. The molecule has 5 heteroatoms. The monoisotopic (exact) mass is 283 g/mol. The summed E-state index contributed by atoms with van der Waals surface area (Å²) in [5.74, 6) is 0.259. The molecule has 1 N–H and O–H groups in total. The van der Waals surface area contributed by atoms with Crippen LogP contribution in [0, 0.1) is 24.1 Å². The fourth-order valence-electron chi connectivity index (χ4n) is 2.60. The van der Waals surface area contributed by atoms with Gasteiger partial charge in [0.2, 0.25) is 0 Å². The Kier molecular flexibility index (Phi) is 3.11. The molecule has 0 bridgehead atoms. The highest BCUT2D eigenvalue weighted by molar-refractivity contribution is 5.60. The molecule has 0 radical (unpaired) electrons. The molecule has 1 aromatic carbocycles. The molecule has 0 saturated carbocycles. The quantitative estimate of drug-likeness (QED) is 0.917. The summed E-state index contributed by atoms with van der Waals surface area (Å²) < 4.78 is 12.9. The minimum absolute atomic E-state index is 0.328. The topological polar surface area (TPSA) is 60.1 Å². The van der Waals surface area contributed by atoms with Crippen molar-refractivity contribution in [1.82, 2.24) is 4.98 Å². The first-order chi connectivity index (χ1) is 10.0. The molecule has 1 fully saturated rings. The Morgan fingerprint density at radius 1 is 1.29 bits per heavy atom. The SMILES string of the molecule is Cc1ccnc(N2CC(O)(c3ccc(F)cc3)C2)c1C#N. The molecule has 1 aliphatic heterocycles. The highest BCUT2D eigenvalue weighted by Gasteiger charge is 2.44. The van der Waals surface area contributed by atoms with Crippen molar-refractivity contribution in [2.24, 2.45) is 0 Å². The lowest BCUT2D eigenvalue weighted by atomic mass is 9.86. The van der Waals surface area contributed by atoms with Crippen molar-refractivity contribution in [3.05, 3.63) is 59.0 Å². The molecule has 0 spiro atoms. The Bertz CT molecular complexity index is 715. The van der Waals surface area contributed by atoms with Crippen LogP contribution in [0.3, 0.4) is 0 Å². The van der Waals surface area contributed by atoms with Crippen LogP contribution >= 0.6 is 0 Å². The zero-order valence-corrected chi connectivity index (χ0v) is 11.5. The molecule has 106 valence electrons. The van der Waals surface area contributed by atoms with Crippen LogP contribution in [0.5, 0.6) is 0 Å². The van der Waals surface area contributed by atoms with Crippen LogP contribution in [0.2, 0.25) is 0 Å². The number of benzene rings is 1. The molecule has 2 aromatic rings. The van der Waals surface area contributed by atoms with Gasteiger partial charge in [-0.2, -0.15) is 5.26 Å². The van der Waals surface area contributed by atoms with E-state index in [0.29, 0.717) is 30.0 Å². The van der Waals surface area contributed by atoms with Crippen LogP contribution in [-0.4, -0.2) is 23.2 Å². The van der Waals surface area contributed by atoms with Crippen molar-refractivity contribution in [3.63, 3.8) is 0 Å². The van der Waals surface area contributed by atoms with Crippen LogP contribution in [0.1, 0.15) is 16.7 Å². The van der Waals surface area contributed by atoms with Crippen molar-refractivity contribution in [2.75, 3.05) is 18.0 Å². The van der Waals surface area contributed by atoms with E-state index < -0.39 is 5.60 Å². The third-order valence-corrected chi connectivity index (χ3v) is 3.84. The average Bonchev–Trinajstić information content (AvgIpc) is 2.44. The highest BCUT2D eigenvalue weighted by atomic mass is 19.1. The molecule has 1 aliphatic rings. The minimum Gasteiger partial charge on any atom is -0.381 e. The Labute approximate surface area is 122 Å². The summed E-state index contributed by atoms with van der Waals surface area (Å²) >= 11 is 0. The molecular formula is C16H14FN3O. The van der Waals surface area contributed by atoms with Crippen molar-refractivity contribution in [3.8, 4) is 6.07 Å². The molecule has 4 nitrogen and oxygen atoms in total. The van der Waals surface area contributed by atoms with Crippen molar-refractivity contribution in [1.29, 1.82) is 5.26 Å². The highest BCUT2D eigenvalue weighted by Crippen LogP contribution is 2.36. The maximum atomic E-state index is 12.9. The van der Waals surface area contributed by atoms with E-state index in [4.69, 9.17) is 0 Å². The number of aromatic nitrogens is 1. The Balaban J connectivity index is 1.84. The van der Waals surface area contributed by atoms with E-state index in [1.165, 1.54) is 12.1 Å². The normalized spacial score (nSPS) is 16.2. The Hall–Kier alpha value is -2.45. The lowest BCUT2D eigenvalue weighted by molar-refractivity contribution is 0.00697. The number of hydrogen-bond donors (Lipinski definition) is 1. The van der Waals surface area contributed by atoms with Crippen molar-refractivity contribution < 1.29 is 9.50 Å². The van der Waals surface area contributed by atoms with Crippen molar-refractivity contribution in [2.45, 2.75) is 12.5 Å². The van der Waals surface area contributed by atoms with Gasteiger partial charge in [-0.05, 0) is 36.2 Å². The molecule has 1 aromatic heterocycles. The fourth-order valence-corrected chi connectivity index (χ4v) is 2.60. The summed E-state index contributed by atoms with van der Waals surface area (Å²) in [5, 5.41) is 19.8. The maximum absolute atomic E-state index is 12.9. The number of anilines is 1. The molecular weight excluding hydrogens is 269 g/mol. The van der Waals surface area contributed by atoms with Gasteiger partial charge in [0.1, 0.15) is 23.3 Å². The van der Waals surface area contributed by atoms with E-state index in [9.17, 15) is 14.8 Å². The molecule has 0 unspecified atom stereocenters. The van der Waals surface area contributed by atoms with Crippen LogP contribution in [-0.2, 0) is 5.60 Å². The number of aryl methyl sites for hydroxylation is 1. The second-order valence-electron chi connectivity index (χ2n) is 5.33. The van der Waals surface area contributed by atoms with E-state index in [2.05, 4.69) is 11.1 Å². The Morgan fingerprint density at radius 2 is 1.95 bits per heavy atom.